The van der Waals surface area contributed by atoms with E-state index < -0.39 is 47.9 Å². The molecule has 0 aliphatic heterocycles. The van der Waals surface area contributed by atoms with Gasteiger partial charge in [0.15, 0.2) is 0 Å². The summed E-state index contributed by atoms with van der Waals surface area (Å²) in [7, 11) is 0. The second kappa shape index (κ2) is 13.0. The number of hydrogen-bond donors (Lipinski definition) is 7. The van der Waals surface area contributed by atoms with Crippen molar-refractivity contribution in [2.24, 2.45) is 5.73 Å². The maximum Gasteiger partial charge on any atom is 0.325 e. The van der Waals surface area contributed by atoms with Crippen LogP contribution in [0.4, 0.5) is 0 Å². The van der Waals surface area contributed by atoms with Crippen LogP contribution in [0.3, 0.4) is 0 Å². The molecular weight excluding hydrogens is 480 g/mol. The van der Waals surface area contributed by atoms with E-state index in [1.807, 2.05) is 6.07 Å². The summed E-state index contributed by atoms with van der Waals surface area (Å²) >= 11 is 0. The van der Waals surface area contributed by atoms with Crippen LogP contribution in [-0.2, 0) is 38.4 Å². The second-order valence-corrected chi connectivity index (χ2v) is 8.55. The van der Waals surface area contributed by atoms with Crippen molar-refractivity contribution in [2.45, 2.75) is 50.4 Å². The quantitative estimate of drug-likeness (QED) is 0.152. The van der Waals surface area contributed by atoms with Crippen LogP contribution in [0.15, 0.2) is 55.4 Å². The van der Waals surface area contributed by atoms with Crippen molar-refractivity contribution < 1.29 is 24.3 Å². The molecule has 13 nitrogen and oxygen atoms in total. The largest absolute Gasteiger partial charge is 0.480 e. The molecule has 1 aromatic carbocycles. The minimum Gasteiger partial charge on any atom is -0.480 e. The van der Waals surface area contributed by atoms with Crippen LogP contribution in [0.1, 0.15) is 23.9 Å². The maximum absolute atomic E-state index is 13.4. The van der Waals surface area contributed by atoms with Crippen LogP contribution in [0.5, 0.6) is 0 Å². The molecule has 0 aliphatic carbocycles. The Bertz CT molecular complexity index is 1170. The first-order valence-electron chi connectivity index (χ1n) is 11.6. The van der Waals surface area contributed by atoms with E-state index >= 15 is 0 Å². The Morgan fingerprint density at radius 1 is 0.838 bits per heavy atom. The topological polar surface area (TPSA) is 208 Å². The minimum absolute atomic E-state index is 0.0551. The standard InChI is InChI=1S/C24H30N8O5/c1-14(24(36)37)30-22(34)19(7-15-5-3-2-4-6-15)32-23(35)20(9-17-11-27-13-29-17)31-21(33)18(25)8-16-10-26-12-28-16/h2-6,10-14,18-20H,7-9,25H2,1H3,(H,26,28)(H,27,29)(H,30,34)(H,31,33)(H,32,35)(H,36,37). The molecule has 0 bridgehead atoms. The van der Waals surface area contributed by atoms with Crippen molar-refractivity contribution in [3.63, 3.8) is 0 Å². The van der Waals surface area contributed by atoms with Gasteiger partial charge in [-0.1, -0.05) is 30.3 Å². The van der Waals surface area contributed by atoms with Crippen molar-refractivity contribution in [3.05, 3.63) is 72.3 Å². The van der Waals surface area contributed by atoms with Gasteiger partial charge in [-0.15, -0.1) is 0 Å². The number of carbonyl (C=O) groups is 4. The number of hydrogen-bond acceptors (Lipinski definition) is 7. The van der Waals surface area contributed by atoms with Crippen molar-refractivity contribution >= 4 is 23.7 Å². The van der Waals surface area contributed by atoms with Gasteiger partial charge in [0.2, 0.25) is 17.7 Å². The molecule has 0 spiro atoms. The molecule has 8 N–H and O–H groups in total. The second-order valence-electron chi connectivity index (χ2n) is 8.55. The first-order valence-corrected chi connectivity index (χ1v) is 11.6. The van der Waals surface area contributed by atoms with Gasteiger partial charge in [0.25, 0.3) is 0 Å². The molecule has 196 valence electrons. The zero-order valence-electron chi connectivity index (χ0n) is 20.2. The van der Waals surface area contributed by atoms with Crippen LogP contribution in [0, 0.1) is 0 Å². The van der Waals surface area contributed by atoms with Gasteiger partial charge in [0.05, 0.1) is 18.7 Å². The number of carboxylic acid groups (broad SMARTS) is 1. The Hall–Kier alpha value is -4.52. The molecule has 2 aromatic heterocycles. The van der Waals surface area contributed by atoms with Crippen LogP contribution in [0.25, 0.3) is 0 Å². The number of amides is 3. The number of imidazole rings is 2. The predicted molar refractivity (Wildman–Crippen MR) is 132 cm³/mol. The molecule has 4 atom stereocenters. The third kappa shape index (κ3) is 8.28. The number of benzene rings is 1. The fourth-order valence-corrected chi connectivity index (χ4v) is 3.54. The van der Waals surface area contributed by atoms with Crippen molar-refractivity contribution in [3.8, 4) is 0 Å². The average Bonchev–Trinajstić information content (AvgIpc) is 3.58. The summed E-state index contributed by atoms with van der Waals surface area (Å²) in [5.74, 6) is -3.10. The fraction of sp³-hybridized carbons (Fsp3) is 0.333. The third-order valence-electron chi connectivity index (χ3n) is 5.59. The van der Waals surface area contributed by atoms with Gasteiger partial charge in [-0.05, 0) is 12.5 Å². The summed E-state index contributed by atoms with van der Waals surface area (Å²) in [4.78, 5) is 63.9. The zero-order valence-corrected chi connectivity index (χ0v) is 20.2. The number of aromatic amines is 2. The van der Waals surface area contributed by atoms with Crippen LogP contribution >= 0.6 is 0 Å². The number of H-pyrrole nitrogens is 2. The number of rotatable bonds is 13. The highest BCUT2D eigenvalue weighted by atomic mass is 16.4. The predicted octanol–water partition coefficient (Wildman–Crippen LogP) is -0.953. The Labute approximate surface area is 212 Å². The number of aliphatic carboxylic acids is 1. The van der Waals surface area contributed by atoms with Crippen molar-refractivity contribution in [1.29, 1.82) is 0 Å². The molecule has 4 unspecified atom stereocenters. The lowest BCUT2D eigenvalue weighted by molar-refractivity contribution is -0.141. The number of aromatic nitrogens is 4. The molecule has 0 fully saturated rings. The van der Waals surface area contributed by atoms with Gasteiger partial charge in [0, 0.05) is 43.0 Å². The Morgan fingerprint density at radius 3 is 1.95 bits per heavy atom. The van der Waals surface area contributed by atoms with E-state index in [0.717, 1.165) is 5.56 Å². The molecule has 3 amide bonds. The van der Waals surface area contributed by atoms with Gasteiger partial charge < -0.3 is 36.8 Å². The zero-order chi connectivity index (χ0) is 26.8. The minimum atomic E-state index is -1.21. The van der Waals surface area contributed by atoms with Gasteiger partial charge in [-0.25, -0.2) is 9.97 Å². The summed E-state index contributed by atoms with van der Waals surface area (Å²) in [6.45, 7) is 1.32. The van der Waals surface area contributed by atoms with E-state index in [9.17, 15) is 24.3 Å². The van der Waals surface area contributed by atoms with Crippen LogP contribution < -0.4 is 21.7 Å². The van der Waals surface area contributed by atoms with Gasteiger partial charge in [0.1, 0.15) is 18.1 Å². The lowest BCUT2D eigenvalue weighted by atomic mass is 10.0. The summed E-state index contributed by atoms with van der Waals surface area (Å²) in [5.41, 5.74) is 8.02. The lowest BCUT2D eigenvalue weighted by Crippen LogP contribution is -2.58. The summed E-state index contributed by atoms with van der Waals surface area (Å²) < 4.78 is 0. The number of nitrogens with two attached hydrogens (primary N) is 1. The van der Waals surface area contributed by atoms with Gasteiger partial charge in [-0.3, -0.25) is 19.2 Å². The summed E-state index contributed by atoms with van der Waals surface area (Å²) in [5, 5.41) is 16.9. The first-order chi connectivity index (χ1) is 17.7. The number of carbonyl (C=O) groups excluding carboxylic acids is 3. The SMILES string of the molecule is CC(NC(=O)C(Cc1ccccc1)NC(=O)C(Cc1cnc[nH]1)NC(=O)C(N)Cc1cnc[nH]1)C(=O)O. The lowest BCUT2D eigenvalue weighted by Gasteiger charge is -2.24. The number of nitrogens with one attached hydrogen (secondary N) is 5. The Kier molecular flexibility index (Phi) is 9.49. The first kappa shape index (κ1) is 27.1. The monoisotopic (exact) mass is 510 g/mol. The fourth-order valence-electron chi connectivity index (χ4n) is 3.54. The highest BCUT2D eigenvalue weighted by Gasteiger charge is 2.30. The van der Waals surface area contributed by atoms with E-state index in [0.29, 0.717) is 11.4 Å². The molecule has 37 heavy (non-hydrogen) atoms. The van der Waals surface area contributed by atoms with E-state index in [4.69, 9.17) is 5.73 Å². The molecule has 0 aliphatic rings. The molecule has 3 rings (SSSR count). The van der Waals surface area contributed by atoms with E-state index in [1.54, 1.807) is 30.5 Å². The highest BCUT2D eigenvalue weighted by Crippen LogP contribution is 2.07. The molecular formula is C24H30N8O5. The number of carboxylic acids is 1. The summed E-state index contributed by atoms with van der Waals surface area (Å²) in [6.07, 6.45) is 6.31. The van der Waals surface area contributed by atoms with E-state index in [-0.39, 0.29) is 19.3 Å². The van der Waals surface area contributed by atoms with E-state index in [1.165, 1.54) is 25.8 Å². The maximum atomic E-state index is 13.4. The molecule has 3 aromatic rings. The van der Waals surface area contributed by atoms with Gasteiger partial charge in [-0.2, -0.15) is 0 Å². The average molecular weight is 511 g/mol. The third-order valence-corrected chi connectivity index (χ3v) is 5.59. The van der Waals surface area contributed by atoms with Crippen LogP contribution in [0.2, 0.25) is 0 Å². The molecule has 0 saturated heterocycles. The molecule has 13 heteroatoms. The molecule has 0 radical (unpaired) electrons. The van der Waals surface area contributed by atoms with Crippen LogP contribution in [-0.4, -0.2) is 72.9 Å². The molecule has 0 saturated carbocycles. The number of nitrogens with zero attached hydrogens (tertiary/aromatic N) is 2. The van der Waals surface area contributed by atoms with Crippen molar-refractivity contribution in [1.82, 2.24) is 35.9 Å². The van der Waals surface area contributed by atoms with Crippen molar-refractivity contribution in [2.75, 3.05) is 0 Å². The normalized spacial score (nSPS) is 14.1. The smallest absolute Gasteiger partial charge is 0.325 e. The summed E-state index contributed by atoms with van der Waals surface area (Å²) in [6, 6.07) is 4.63. The molecule has 2 heterocycles. The highest BCUT2D eigenvalue weighted by molar-refractivity contribution is 5.94. The Morgan fingerprint density at radius 2 is 1.38 bits per heavy atom. The van der Waals surface area contributed by atoms with E-state index in [2.05, 4.69) is 35.9 Å². The van der Waals surface area contributed by atoms with Gasteiger partial charge >= 0.3 is 5.97 Å². The Balaban J connectivity index is 1.76.